The third-order valence-electron chi connectivity index (χ3n) is 2.88. The Bertz CT molecular complexity index is 361. The smallest absolute Gasteiger partial charge is 0.133 e. The Morgan fingerprint density at radius 1 is 1.53 bits per heavy atom. The van der Waals surface area contributed by atoms with E-state index in [1.165, 1.54) is 0 Å². The zero-order valence-electron chi connectivity index (χ0n) is 10.1. The Kier molecular flexibility index (Phi) is 4.74. The number of aromatic nitrogens is 2. The maximum Gasteiger partial charge on any atom is 0.133 e. The zero-order chi connectivity index (χ0) is 12.1. The van der Waals surface area contributed by atoms with Gasteiger partial charge < -0.3 is 9.64 Å². The van der Waals surface area contributed by atoms with E-state index in [0.717, 1.165) is 49.4 Å². The molecule has 2 heterocycles. The quantitative estimate of drug-likeness (QED) is 0.801. The average Bonchev–Trinajstić information content (AvgIpc) is 2.37. The zero-order valence-corrected chi connectivity index (χ0v) is 11.7. The summed E-state index contributed by atoms with van der Waals surface area (Å²) in [4.78, 5) is 10.6. The van der Waals surface area contributed by atoms with Crippen molar-refractivity contribution >= 4 is 21.7 Å². The molecular formula is C12H18BrN3O. The Labute approximate surface area is 111 Å². The summed E-state index contributed by atoms with van der Waals surface area (Å²) in [5, 5.41) is 0. The SMILES string of the molecule is CCCOC1CCCN(c2cc(Br)ncn2)C1. The molecule has 0 aliphatic carbocycles. The van der Waals surface area contributed by atoms with Crippen LogP contribution in [0.25, 0.3) is 0 Å². The normalized spacial score (nSPS) is 20.6. The van der Waals surface area contributed by atoms with Crippen LogP contribution < -0.4 is 4.90 Å². The summed E-state index contributed by atoms with van der Waals surface area (Å²) < 4.78 is 6.65. The number of rotatable bonds is 4. The van der Waals surface area contributed by atoms with E-state index >= 15 is 0 Å². The third kappa shape index (κ3) is 3.64. The molecule has 1 aliphatic rings. The van der Waals surface area contributed by atoms with E-state index in [1.807, 2.05) is 6.07 Å². The summed E-state index contributed by atoms with van der Waals surface area (Å²) in [6, 6.07) is 1.96. The molecule has 1 unspecified atom stereocenters. The summed E-state index contributed by atoms with van der Waals surface area (Å²) in [7, 11) is 0. The number of hydrogen-bond donors (Lipinski definition) is 0. The molecule has 0 amide bonds. The molecule has 4 nitrogen and oxygen atoms in total. The fourth-order valence-electron chi connectivity index (χ4n) is 2.06. The molecule has 0 N–H and O–H groups in total. The van der Waals surface area contributed by atoms with Crippen LogP contribution in [-0.2, 0) is 4.74 Å². The van der Waals surface area contributed by atoms with E-state index < -0.39 is 0 Å². The van der Waals surface area contributed by atoms with E-state index in [0.29, 0.717) is 6.10 Å². The molecule has 0 radical (unpaired) electrons. The molecule has 1 fully saturated rings. The van der Waals surface area contributed by atoms with Crippen LogP contribution in [0, 0.1) is 0 Å². The minimum Gasteiger partial charge on any atom is -0.376 e. The highest BCUT2D eigenvalue weighted by Crippen LogP contribution is 2.21. The molecule has 0 saturated carbocycles. The first-order valence-corrected chi connectivity index (χ1v) is 6.93. The maximum atomic E-state index is 5.82. The minimum absolute atomic E-state index is 0.345. The molecule has 1 aliphatic heterocycles. The van der Waals surface area contributed by atoms with Crippen molar-refractivity contribution in [1.29, 1.82) is 0 Å². The Hall–Kier alpha value is -0.680. The lowest BCUT2D eigenvalue weighted by atomic mass is 10.1. The summed E-state index contributed by atoms with van der Waals surface area (Å²) in [6.07, 6.45) is 5.34. The van der Waals surface area contributed by atoms with Crippen LogP contribution in [0.5, 0.6) is 0 Å². The van der Waals surface area contributed by atoms with Gasteiger partial charge in [-0.25, -0.2) is 9.97 Å². The molecule has 1 atom stereocenters. The second-order valence-corrected chi connectivity index (χ2v) is 5.09. The first-order valence-electron chi connectivity index (χ1n) is 6.13. The van der Waals surface area contributed by atoms with Gasteiger partial charge in [-0.1, -0.05) is 6.92 Å². The average molecular weight is 300 g/mol. The van der Waals surface area contributed by atoms with Crippen molar-refractivity contribution in [3.63, 3.8) is 0 Å². The Morgan fingerprint density at radius 2 is 2.41 bits per heavy atom. The lowest BCUT2D eigenvalue weighted by Gasteiger charge is -2.33. The van der Waals surface area contributed by atoms with Crippen LogP contribution in [0.3, 0.4) is 0 Å². The van der Waals surface area contributed by atoms with Crippen molar-refractivity contribution in [1.82, 2.24) is 9.97 Å². The van der Waals surface area contributed by atoms with Gasteiger partial charge in [0.05, 0.1) is 6.10 Å². The van der Waals surface area contributed by atoms with Gasteiger partial charge in [-0.15, -0.1) is 0 Å². The van der Waals surface area contributed by atoms with Crippen molar-refractivity contribution in [3.8, 4) is 0 Å². The number of halogens is 1. The number of hydrogen-bond acceptors (Lipinski definition) is 4. The van der Waals surface area contributed by atoms with E-state index in [4.69, 9.17) is 4.74 Å². The van der Waals surface area contributed by atoms with Gasteiger partial charge in [-0.05, 0) is 35.2 Å². The standard InChI is InChI=1S/C12H18BrN3O/c1-2-6-17-10-4-3-5-16(8-10)12-7-11(13)14-9-15-12/h7,9-10H,2-6,8H2,1H3. The second kappa shape index (κ2) is 6.31. The molecule has 2 rings (SSSR count). The van der Waals surface area contributed by atoms with Crippen molar-refractivity contribution in [2.45, 2.75) is 32.3 Å². The van der Waals surface area contributed by atoms with Crippen LogP contribution in [0.4, 0.5) is 5.82 Å². The number of nitrogens with zero attached hydrogens (tertiary/aromatic N) is 3. The van der Waals surface area contributed by atoms with Crippen LogP contribution in [0.1, 0.15) is 26.2 Å². The summed E-state index contributed by atoms with van der Waals surface area (Å²) >= 11 is 3.38. The largest absolute Gasteiger partial charge is 0.376 e. The molecule has 1 aromatic rings. The minimum atomic E-state index is 0.345. The van der Waals surface area contributed by atoms with Gasteiger partial charge in [0.1, 0.15) is 16.7 Å². The molecule has 0 spiro atoms. The van der Waals surface area contributed by atoms with E-state index in [9.17, 15) is 0 Å². The molecule has 1 aromatic heterocycles. The topological polar surface area (TPSA) is 38.2 Å². The van der Waals surface area contributed by atoms with Gasteiger partial charge in [-0.3, -0.25) is 0 Å². The van der Waals surface area contributed by atoms with Gasteiger partial charge in [0.25, 0.3) is 0 Å². The highest BCUT2D eigenvalue weighted by Gasteiger charge is 2.21. The van der Waals surface area contributed by atoms with Crippen LogP contribution in [0.15, 0.2) is 17.0 Å². The molecule has 0 aromatic carbocycles. The second-order valence-electron chi connectivity index (χ2n) is 4.28. The van der Waals surface area contributed by atoms with E-state index in [1.54, 1.807) is 6.33 Å². The van der Waals surface area contributed by atoms with Crippen LogP contribution in [-0.4, -0.2) is 35.8 Å². The number of ether oxygens (including phenoxy) is 1. The summed E-state index contributed by atoms with van der Waals surface area (Å²) in [5.74, 6) is 0.983. The lowest BCUT2D eigenvalue weighted by Crippen LogP contribution is -2.40. The molecule has 94 valence electrons. The fraction of sp³-hybridized carbons (Fsp3) is 0.667. The number of anilines is 1. The molecule has 0 bridgehead atoms. The Morgan fingerprint density at radius 3 is 3.18 bits per heavy atom. The van der Waals surface area contributed by atoms with Gasteiger partial charge in [0.15, 0.2) is 0 Å². The van der Waals surface area contributed by atoms with Gasteiger partial charge in [0.2, 0.25) is 0 Å². The molecule has 5 heteroatoms. The predicted molar refractivity (Wildman–Crippen MR) is 71.2 cm³/mol. The van der Waals surface area contributed by atoms with Crippen molar-refractivity contribution in [3.05, 3.63) is 17.0 Å². The number of piperidine rings is 1. The molecular weight excluding hydrogens is 282 g/mol. The van der Waals surface area contributed by atoms with Gasteiger partial charge in [0, 0.05) is 25.8 Å². The maximum absolute atomic E-state index is 5.82. The lowest BCUT2D eigenvalue weighted by molar-refractivity contribution is 0.0439. The van der Waals surface area contributed by atoms with Crippen LogP contribution in [0.2, 0.25) is 0 Å². The summed E-state index contributed by atoms with van der Waals surface area (Å²) in [6.45, 7) is 4.98. The predicted octanol–water partition coefficient (Wildman–Crippen LogP) is 2.63. The van der Waals surface area contributed by atoms with Gasteiger partial charge in [-0.2, -0.15) is 0 Å². The highest BCUT2D eigenvalue weighted by molar-refractivity contribution is 9.10. The summed E-state index contributed by atoms with van der Waals surface area (Å²) in [5.41, 5.74) is 0. The third-order valence-corrected chi connectivity index (χ3v) is 3.31. The molecule has 1 saturated heterocycles. The highest BCUT2D eigenvalue weighted by atomic mass is 79.9. The first-order chi connectivity index (χ1) is 8.29. The van der Waals surface area contributed by atoms with Crippen molar-refractivity contribution in [2.75, 3.05) is 24.6 Å². The first kappa shape index (κ1) is 12.8. The van der Waals surface area contributed by atoms with Gasteiger partial charge >= 0.3 is 0 Å². The van der Waals surface area contributed by atoms with E-state index in [-0.39, 0.29) is 0 Å². The van der Waals surface area contributed by atoms with E-state index in [2.05, 4.69) is 37.7 Å². The van der Waals surface area contributed by atoms with Crippen molar-refractivity contribution < 1.29 is 4.74 Å². The van der Waals surface area contributed by atoms with Crippen LogP contribution >= 0.6 is 15.9 Å². The fourth-order valence-corrected chi connectivity index (χ4v) is 2.36. The molecule has 17 heavy (non-hydrogen) atoms. The Balaban J connectivity index is 1.97. The van der Waals surface area contributed by atoms with Crippen molar-refractivity contribution in [2.24, 2.45) is 0 Å². The monoisotopic (exact) mass is 299 g/mol.